The molecule has 0 fully saturated rings. The third-order valence-corrected chi connectivity index (χ3v) is 5.95. The second-order valence-corrected chi connectivity index (χ2v) is 8.83. The molecule has 3 aromatic carbocycles. The lowest BCUT2D eigenvalue weighted by atomic mass is 10.1. The summed E-state index contributed by atoms with van der Waals surface area (Å²) in [5, 5.41) is 5.04. The number of ether oxygens (including phenoxy) is 1. The number of nitrogens with one attached hydrogen (secondary N) is 2. The molecule has 35 heavy (non-hydrogen) atoms. The topological polar surface area (TPSA) is 123 Å². The van der Waals surface area contributed by atoms with Crippen molar-refractivity contribution in [2.75, 3.05) is 5.32 Å². The van der Waals surface area contributed by atoms with Gasteiger partial charge in [-0.3, -0.25) is 14.4 Å². The summed E-state index contributed by atoms with van der Waals surface area (Å²) < 4.78 is 18.7. The number of hydrogen-bond acceptors (Lipinski definition) is 6. The summed E-state index contributed by atoms with van der Waals surface area (Å²) in [6.07, 6.45) is -0.0645. The number of thioether (sulfide) groups is 1. The summed E-state index contributed by atoms with van der Waals surface area (Å²) in [6.45, 7) is 0.286. The van der Waals surface area contributed by atoms with E-state index >= 15 is 0 Å². The van der Waals surface area contributed by atoms with Crippen LogP contribution in [0.1, 0.15) is 22.3 Å². The third kappa shape index (κ3) is 6.67. The second kappa shape index (κ2) is 10.8. The van der Waals surface area contributed by atoms with Gasteiger partial charge in [0.1, 0.15) is 22.6 Å². The number of nitrogens with zero attached hydrogens (tertiary/aromatic N) is 1. The Balaban J connectivity index is 1.28. The molecule has 1 aliphatic heterocycles. The minimum Gasteiger partial charge on any atom is -0.457 e. The Kier molecular flexibility index (Phi) is 7.41. The van der Waals surface area contributed by atoms with Gasteiger partial charge in [-0.25, -0.2) is 4.39 Å². The first kappa shape index (κ1) is 24.0. The van der Waals surface area contributed by atoms with Gasteiger partial charge in [0.25, 0.3) is 11.8 Å². The van der Waals surface area contributed by atoms with Crippen molar-refractivity contribution in [1.29, 1.82) is 0 Å². The van der Waals surface area contributed by atoms with E-state index < -0.39 is 11.2 Å². The largest absolute Gasteiger partial charge is 0.457 e. The van der Waals surface area contributed by atoms with E-state index in [0.29, 0.717) is 22.7 Å². The number of amidine groups is 1. The maximum absolute atomic E-state index is 13.0. The van der Waals surface area contributed by atoms with E-state index in [4.69, 9.17) is 10.5 Å². The van der Waals surface area contributed by atoms with Crippen molar-refractivity contribution in [3.05, 3.63) is 89.7 Å². The molecule has 3 amide bonds. The van der Waals surface area contributed by atoms with Gasteiger partial charge in [0.05, 0.1) is 0 Å². The van der Waals surface area contributed by atoms with Crippen LogP contribution in [0.5, 0.6) is 11.5 Å². The summed E-state index contributed by atoms with van der Waals surface area (Å²) in [7, 11) is 0. The maximum atomic E-state index is 13.0. The number of hydrogen-bond donors (Lipinski definition) is 3. The number of aliphatic imine (C=N–C) groups is 1. The lowest BCUT2D eigenvalue weighted by molar-refractivity contribution is -0.121. The second-order valence-electron chi connectivity index (χ2n) is 7.61. The van der Waals surface area contributed by atoms with Crippen LogP contribution < -0.4 is 21.1 Å². The molecule has 0 bridgehead atoms. The smallest absolute Gasteiger partial charge is 0.262 e. The van der Waals surface area contributed by atoms with Gasteiger partial charge in [-0.05, 0) is 60.2 Å². The van der Waals surface area contributed by atoms with Crippen LogP contribution in [-0.2, 0) is 16.1 Å². The van der Waals surface area contributed by atoms with Crippen molar-refractivity contribution in [2.45, 2.75) is 18.2 Å². The van der Waals surface area contributed by atoms with Crippen LogP contribution in [-0.4, -0.2) is 28.1 Å². The molecule has 1 heterocycles. The van der Waals surface area contributed by atoms with E-state index in [1.54, 1.807) is 36.4 Å². The zero-order valence-corrected chi connectivity index (χ0v) is 19.2. The van der Waals surface area contributed by atoms with Gasteiger partial charge in [0.2, 0.25) is 5.91 Å². The van der Waals surface area contributed by atoms with Gasteiger partial charge in [-0.15, -0.1) is 0 Å². The van der Waals surface area contributed by atoms with Gasteiger partial charge >= 0.3 is 0 Å². The Morgan fingerprint density at radius 3 is 2.37 bits per heavy atom. The molecule has 10 heteroatoms. The highest BCUT2D eigenvalue weighted by molar-refractivity contribution is 8.15. The molecule has 0 radical (unpaired) electrons. The summed E-state index contributed by atoms with van der Waals surface area (Å²) in [5.41, 5.74) is 7.18. The zero-order chi connectivity index (χ0) is 24.8. The van der Waals surface area contributed by atoms with Crippen LogP contribution in [0.3, 0.4) is 0 Å². The number of amides is 3. The van der Waals surface area contributed by atoms with Crippen LogP contribution in [0.15, 0.2) is 77.8 Å². The Morgan fingerprint density at radius 2 is 1.71 bits per heavy atom. The minimum atomic E-state index is -0.631. The first-order valence-electron chi connectivity index (χ1n) is 10.6. The Hall–Kier alpha value is -4.18. The molecule has 0 aliphatic carbocycles. The van der Waals surface area contributed by atoms with Crippen molar-refractivity contribution in [2.24, 2.45) is 10.7 Å². The van der Waals surface area contributed by atoms with Gasteiger partial charge in [-0.1, -0.05) is 30.0 Å². The molecule has 0 saturated carbocycles. The van der Waals surface area contributed by atoms with Gasteiger partial charge < -0.3 is 21.1 Å². The predicted molar refractivity (Wildman–Crippen MR) is 132 cm³/mol. The number of carbonyl (C=O) groups is 3. The molecule has 178 valence electrons. The molecule has 4 rings (SSSR count). The number of nitrogens with two attached hydrogens (primary N) is 1. The normalized spacial score (nSPS) is 14.8. The van der Waals surface area contributed by atoms with Crippen LogP contribution >= 0.6 is 11.8 Å². The number of rotatable bonds is 8. The summed E-state index contributed by atoms with van der Waals surface area (Å²) in [6, 6.07) is 19.4. The lowest BCUT2D eigenvalue weighted by Crippen LogP contribution is -2.24. The molecule has 0 unspecified atom stereocenters. The predicted octanol–water partition coefficient (Wildman–Crippen LogP) is 3.83. The number of carbonyl (C=O) groups excluding carboxylic acids is 3. The maximum Gasteiger partial charge on any atom is 0.262 e. The van der Waals surface area contributed by atoms with Crippen LogP contribution in [0.4, 0.5) is 10.1 Å². The standard InChI is InChI=1S/C25H21FN4O4S/c26-17-6-10-20(11-7-17)34-19-8-4-15(5-9-19)14-28-23(32)16-2-1-3-18(12-16)29-22(31)13-21-24(33)30-25(27)35-21/h1-12,21H,13-14H2,(H,28,32)(H,29,31)(H2,27,30,33)/t21-/m1/s1. The van der Waals surface area contributed by atoms with Crippen molar-refractivity contribution in [3.63, 3.8) is 0 Å². The Labute approximate surface area is 204 Å². The van der Waals surface area contributed by atoms with Gasteiger partial charge in [0, 0.05) is 24.2 Å². The fraction of sp³-hybridized carbons (Fsp3) is 0.120. The van der Waals surface area contributed by atoms with E-state index in [9.17, 15) is 18.8 Å². The fourth-order valence-electron chi connectivity index (χ4n) is 3.25. The molecule has 8 nitrogen and oxygen atoms in total. The highest BCUT2D eigenvalue weighted by atomic mass is 32.2. The highest BCUT2D eigenvalue weighted by Gasteiger charge is 2.29. The van der Waals surface area contributed by atoms with E-state index in [-0.39, 0.29) is 35.8 Å². The highest BCUT2D eigenvalue weighted by Crippen LogP contribution is 2.24. The number of anilines is 1. The lowest BCUT2D eigenvalue weighted by Gasteiger charge is -2.10. The molecule has 1 atom stereocenters. The number of benzene rings is 3. The van der Waals surface area contributed by atoms with Crippen LogP contribution in [0.2, 0.25) is 0 Å². The summed E-state index contributed by atoms with van der Waals surface area (Å²) in [5.74, 6) is -0.341. The van der Waals surface area contributed by atoms with Gasteiger partial charge in [-0.2, -0.15) is 4.99 Å². The SMILES string of the molecule is NC1=NC(=O)[C@@H](CC(=O)Nc2cccc(C(=O)NCc3ccc(Oc4ccc(F)cc4)cc3)c2)S1. The van der Waals surface area contributed by atoms with E-state index in [0.717, 1.165) is 17.3 Å². The van der Waals surface area contributed by atoms with Crippen molar-refractivity contribution >= 4 is 40.3 Å². The molecule has 3 aromatic rings. The average Bonchev–Trinajstić information content (AvgIpc) is 3.16. The summed E-state index contributed by atoms with van der Waals surface area (Å²) >= 11 is 1.06. The third-order valence-electron chi connectivity index (χ3n) is 4.96. The quantitative estimate of drug-likeness (QED) is 0.439. The van der Waals surface area contributed by atoms with Crippen molar-refractivity contribution in [1.82, 2.24) is 5.32 Å². The first-order chi connectivity index (χ1) is 16.9. The Morgan fingerprint density at radius 1 is 1.03 bits per heavy atom. The Bertz CT molecular complexity index is 1280. The fourth-order valence-corrected chi connectivity index (χ4v) is 4.07. The molecule has 0 spiro atoms. The molecule has 4 N–H and O–H groups in total. The minimum absolute atomic E-state index is 0.0645. The van der Waals surface area contributed by atoms with Crippen LogP contribution in [0, 0.1) is 5.82 Å². The van der Waals surface area contributed by atoms with Crippen molar-refractivity contribution < 1.29 is 23.5 Å². The number of halogens is 1. The van der Waals surface area contributed by atoms with Gasteiger partial charge in [0.15, 0.2) is 5.17 Å². The molecule has 1 aliphatic rings. The zero-order valence-electron chi connectivity index (χ0n) is 18.4. The molecule has 0 saturated heterocycles. The van der Waals surface area contributed by atoms with E-state index in [2.05, 4.69) is 15.6 Å². The molecule has 0 aromatic heterocycles. The van der Waals surface area contributed by atoms with E-state index in [1.165, 1.54) is 24.3 Å². The van der Waals surface area contributed by atoms with Crippen LogP contribution in [0.25, 0.3) is 0 Å². The molecular formula is C25H21FN4O4S. The molecular weight excluding hydrogens is 471 g/mol. The first-order valence-corrected chi connectivity index (χ1v) is 11.5. The monoisotopic (exact) mass is 492 g/mol. The summed E-state index contributed by atoms with van der Waals surface area (Å²) in [4.78, 5) is 40.1. The van der Waals surface area contributed by atoms with E-state index in [1.807, 2.05) is 12.1 Å². The van der Waals surface area contributed by atoms with Crippen molar-refractivity contribution in [3.8, 4) is 11.5 Å². The average molecular weight is 493 g/mol.